The van der Waals surface area contributed by atoms with E-state index in [0.29, 0.717) is 28.7 Å². The van der Waals surface area contributed by atoms with E-state index in [9.17, 15) is 4.79 Å². The second-order valence-electron chi connectivity index (χ2n) is 4.59. The molecule has 0 N–H and O–H groups in total. The van der Waals surface area contributed by atoms with Crippen LogP contribution >= 0.6 is 34.5 Å². The summed E-state index contributed by atoms with van der Waals surface area (Å²) in [6.07, 6.45) is 0. The van der Waals surface area contributed by atoms with Gasteiger partial charge in [-0.05, 0) is 32.2 Å². The first kappa shape index (κ1) is 15.4. The molecule has 0 bridgehead atoms. The van der Waals surface area contributed by atoms with E-state index < -0.39 is 0 Å². The van der Waals surface area contributed by atoms with Crippen molar-refractivity contribution >= 4 is 40.3 Å². The molecule has 0 aliphatic rings. The summed E-state index contributed by atoms with van der Waals surface area (Å²) >= 11 is 13.4. The van der Waals surface area contributed by atoms with Crippen molar-refractivity contribution in [1.29, 1.82) is 0 Å². The molecule has 0 unspecified atom stereocenters. The summed E-state index contributed by atoms with van der Waals surface area (Å²) in [5, 5.41) is 0.857. The molecule has 1 aromatic heterocycles. The number of aromatic nitrogens is 1. The van der Waals surface area contributed by atoms with Gasteiger partial charge in [0.1, 0.15) is 0 Å². The lowest BCUT2D eigenvalue weighted by Gasteiger charge is -2.15. The number of carbonyl (C=O) groups is 1. The molecule has 1 heterocycles. The highest BCUT2D eigenvalue weighted by atomic mass is 35.5. The van der Waals surface area contributed by atoms with E-state index >= 15 is 0 Å². The van der Waals surface area contributed by atoms with E-state index in [4.69, 9.17) is 23.2 Å². The van der Waals surface area contributed by atoms with Crippen molar-refractivity contribution in [2.24, 2.45) is 0 Å². The van der Waals surface area contributed by atoms with Gasteiger partial charge >= 0.3 is 0 Å². The maximum Gasteiger partial charge on any atom is 0.176 e. The average molecular weight is 329 g/mol. The number of hydrogen-bond acceptors (Lipinski definition) is 4. The van der Waals surface area contributed by atoms with Crippen LogP contribution in [0.15, 0.2) is 23.7 Å². The Balaban J connectivity index is 2.00. The SMILES string of the molecule is Cc1ncsc1CN(C)CC(=O)c1ccc(Cl)c(Cl)c1. The molecule has 3 nitrogen and oxygen atoms in total. The van der Waals surface area contributed by atoms with Crippen LogP contribution in [-0.2, 0) is 6.54 Å². The third-order valence-corrected chi connectivity index (χ3v) is 4.57. The van der Waals surface area contributed by atoms with Gasteiger partial charge in [0, 0.05) is 17.0 Å². The molecule has 0 amide bonds. The van der Waals surface area contributed by atoms with Crippen LogP contribution in [0.5, 0.6) is 0 Å². The molecule has 0 radical (unpaired) electrons. The van der Waals surface area contributed by atoms with E-state index in [2.05, 4.69) is 4.98 Å². The summed E-state index contributed by atoms with van der Waals surface area (Å²) < 4.78 is 0. The normalized spacial score (nSPS) is 11.1. The number of likely N-dealkylation sites (N-methyl/N-ethyl adjacent to an activating group) is 1. The van der Waals surface area contributed by atoms with Crippen LogP contribution in [0, 0.1) is 6.92 Å². The largest absolute Gasteiger partial charge is 0.294 e. The van der Waals surface area contributed by atoms with Gasteiger partial charge in [-0.3, -0.25) is 9.69 Å². The second kappa shape index (κ2) is 6.68. The Morgan fingerprint density at radius 2 is 2.10 bits per heavy atom. The number of aryl methyl sites for hydroxylation is 1. The monoisotopic (exact) mass is 328 g/mol. The first-order valence-corrected chi connectivity index (χ1v) is 7.66. The van der Waals surface area contributed by atoms with Gasteiger partial charge in [0.2, 0.25) is 0 Å². The van der Waals surface area contributed by atoms with Crippen molar-refractivity contribution in [2.45, 2.75) is 13.5 Å². The summed E-state index contributed by atoms with van der Waals surface area (Å²) in [7, 11) is 1.91. The van der Waals surface area contributed by atoms with Crippen LogP contribution in [0.4, 0.5) is 0 Å². The number of thiazole rings is 1. The molecule has 106 valence electrons. The molecule has 0 spiro atoms. The number of nitrogens with zero attached hydrogens (tertiary/aromatic N) is 2. The summed E-state index contributed by atoms with van der Waals surface area (Å²) in [6, 6.07) is 4.95. The molecule has 0 saturated heterocycles. The van der Waals surface area contributed by atoms with Crippen molar-refractivity contribution in [3.8, 4) is 0 Å². The molecule has 0 fully saturated rings. The summed E-state index contributed by atoms with van der Waals surface area (Å²) in [6.45, 7) is 3.01. The first-order valence-electron chi connectivity index (χ1n) is 6.03. The van der Waals surface area contributed by atoms with Gasteiger partial charge in [0.15, 0.2) is 5.78 Å². The molecule has 0 saturated carbocycles. The molecular formula is C14H14Cl2N2OS. The highest BCUT2D eigenvalue weighted by molar-refractivity contribution is 7.09. The predicted octanol–water partition coefficient (Wildman–Crippen LogP) is 4.07. The van der Waals surface area contributed by atoms with Crippen molar-refractivity contribution in [3.05, 3.63) is 49.9 Å². The van der Waals surface area contributed by atoms with Gasteiger partial charge in [-0.15, -0.1) is 11.3 Å². The van der Waals surface area contributed by atoms with Gasteiger partial charge in [-0.25, -0.2) is 4.98 Å². The third-order valence-electron chi connectivity index (χ3n) is 2.91. The van der Waals surface area contributed by atoms with Gasteiger partial charge in [0.05, 0.1) is 27.8 Å². The van der Waals surface area contributed by atoms with Crippen molar-refractivity contribution in [1.82, 2.24) is 9.88 Å². The van der Waals surface area contributed by atoms with E-state index in [-0.39, 0.29) is 5.78 Å². The highest BCUT2D eigenvalue weighted by Crippen LogP contribution is 2.23. The lowest BCUT2D eigenvalue weighted by atomic mass is 10.1. The fourth-order valence-corrected chi connectivity index (χ4v) is 2.94. The lowest BCUT2D eigenvalue weighted by Crippen LogP contribution is -2.25. The number of carbonyl (C=O) groups excluding carboxylic acids is 1. The average Bonchev–Trinajstić information content (AvgIpc) is 2.78. The zero-order valence-corrected chi connectivity index (χ0v) is 13.5. The van der Waals surface area contributed by atoms with Crippen molar-refractivity contribution in [3.63, 3.8) is 0 Å². The smallest absolute Gasteiger partial charge is 0.176 e. The molecule has 1 aromatic carbocycles. The molecular weight excluding hydrogens is 315 g/mol. The molecule has 6 heteroatoms. The van der Waals surface area contributed by atoms with Crippen molar-refractivity contribution in [2.75, 3.05) is 13.6 Å². The summed E-state index contributed by atoms with van der Waals surface area (Å²) in [4.78, 5) is 19.5. The van der Waals surface area contributed by atoms with Crippen LogP contribution in [-0.4, -0.2) is 29.3 Å². The van der Waals surface area contributed by atoms with Gasteiger partial charge in [-0.1, -0.05) is 23.2 Å². The molecule has 0 atom stereocenters. The maximum atomic E-state index is 12.2. The number of rotatable bonds is 5. The quantitative estimate of drug-likeness (QED) is 0.775. The lowest BCUT2D eigenvalue weighted by molar-refractivity contribution is 0.0943. The molecule has 0 aliphatic carbocycles. The van der Waals surface area contributed by atoms with Crippen LogP contribution in [0.25, 0.3) is 0 Å². The van der Waals surface area contributed by atoms with E-state index in [1.165, 1.54) is 4.88 Å². The summed E-state index contributed by atoms with van der Waals surface area (Å²) in [5.74, 6) is 0.0215. The maximum absolute atomic E-state index is 12.2. The van der Waals surface area contributed by atoms with Crippen molar-refractivity contribution < 1.29 is 4.79 Å². The zero-order chi connectivity index (χ0) is 14.7. The number of Topliss-reactive ketones (excluding diaryl/α,β-unsaturated/α-hetero) is 1. The zero-order valence-electron chi connectivity index (χ0n) is 11.2. The minimum Gasteiger partial charge on any atom is -0.294 e. The van der Waals surface area contributed by atoms with Gasteiger partial charge in [0.25, 0.3) is 0 Å². The van der Waals surface area contributed by atoms with E-state index in [1.54, 1.807) is 29.5 Å². The van der Waals surface area contributed by atoms with Crippen LogP contribution in [0.1, 0.15) is 20.9 Å². The fourth-order valence-electron chi connectivity index (χ4n) is 1.79. The Labute approximate surface area is 132 Å². The Hall–Kier alpha value is -0.940. The van der Waals surface area contributed by atoms with Crippen LogP contribution < -0.4 is 0 Å². The van der Waals surface area contributed by atoms with Crippen LogP contribution in [0.2, 0.25) is 10.0 Å². The Morgan fingerprint density at radius 3 is 2.70 bits per heavy atom. The molecule has 0 aliphatic heterocycles. The number of benzene rings is 1. The minimum atomic E-state index is 0.0215. The predicted molar refractivity (Wildman–Crippen MR) is 84.0 cm³/mol. The molecule has 2 rings (SSSR count). The van der Waals surface area contributed by atoms with E-state index in [1.807, 2.05) is 24.4 Å². The van der Waals surface area contributed by atoms with E-state index in [0.717, 1.165) is 5.69 Å². The van der Waals surface area contributed by atoms with Gasteiger partial charge in [-0.2, -0.15) is 0 Å². The Kier molecular flexibility index (Phi) is 5.16. The fraction of sp³-hybridized carbons (Fsp3) is 0.286. The molecule has 2 aromatic rings. The number of hydrogen-bond donors (Lipinski definition) is 0. The van der Waals surface area contributed by atoms with Crippen LogP contribution in [0.3, 0.4) is 0 Å². The topological polar surface area (TPSA) is 33.2 Å². The first-order chi connectivity index (χ1) is 9.47. The van der Waals surface area contributed by atoms with Gasteiger partial charge < -0.3 is 0 Å². The number of halogens is 2. The Bertz CT molecular complexity index is 627. The molecule has 20 heavy (non-hydrogen) atoms. The third kappa shape index (κ3) is 3.79. The Morgan fingerprint density at radius 1 is 1.35 bits per heavy atom. The highest BCUT2D eigenvalue weighted by Gasteiger charge is 2.12. The minimum absolute atomic E-state index is 0.0215. The standard InChI is InChI=1S/C14H14Cl2N2OS/c1-9-14(20-8-17-9)7-18(2)6-13(19)10-3-4-11(15)12(16)5-10/h3-5,8H,6-7H2,1-2H3. The summed E-state index contributed by atoms with van der Waals surface area (Å²) in [5.41, 5.74) is 3.41. The number of ketones is 1. The second-order valence-corrected chi connectivity index (χ2v) is 6.34.